The number of ketones is 2. The number of Topliss-reactive ketones (excluding diaryl/α,β-unsaturated/α-hetero) is 1. The summed E-state index contributed by atoms with van der Waals surface area (Å²) in [6, 6.07) is 9.60. The Hall–Kier alpha value is -1.90. The highest BCUT2D eigenvalue weighted by atomic mass is 16.5. The first kappa shape index (κ1) is 13.5. The molecule has 100 valence electrons. The van der Waals surface area contributed by atoms with Crippen LogP contribution in [-0.4, -0.2) is 17.2 Å². The van der Waals surface area contributed by atoms with Crippen LogP contribution in [0.3, 0.4) is 0 Å². The van der Waals surface area contributed by atoms with Gasteiger partial charge in [0.05, 0.1) is 5.76 Å². The van der Waals surface area contributed by atoms with Crippen molar-refractivity contribution in [2.75, 3.05) is 0 Å². The van der Waals surface area contributed by atoms with Gasteiger partial charge in [0, 0.05) is 18.4 Å². The van der Waals surface area contributed by atoms with E-state index in [1.165, 1.54) is 6.08 Å². The van der Waals surface area contributed by atoms with Crippen LogP contribution in [0.25, 0.3) is 0 Å². The average molecular weight is 258 g/mol. The molecule has 2 atom stereocenters. The van der Waals surface area contributed by atoms with Crippen molar-refractivity contribution in [1.29, 1.82) is 0 Å². The lowest BCUT2D eigenvalue weighted by molar-refractivity contribution is -0.132. The third-order valence-corrected chi connectivity index (χ3v) is 3.56. The molecular weight excluding hydrogens is 240 g/mol. The Bertz CT molecular complexity index is 530. The Kier molecular flexibility index (Phi) is 3.56. The largest absolute Gasteiger partial charge is 0.483 e. The summed E-state index contributed by atoms with van der Waals surface area (Å²) in [6.07, 6.45) is 1.81. The summed E-state index contributed by atoms with van der Waals surface area (Å²) < 4.78 is 5.74. The van der Waals surface area contributed by atoms with Crippen LogP contribution in [0.15, 0.2) is 42.2 Å². The summed E-state index contributed by atoms with van der Waals surface area (Å²) in [5, 5.41) is 0. The topological polar surface area (TPSA) is 43.4 Å². The number of carbonyl (C=O) groups is 2. The second-order valence-electron chi connectivity index (χ2n) is 5.20. The second kappa shape index (κ2) is 5.00. The predicted octanol–water partition coefficient (Wildman–Crippen LogP) is 3.01. The molecule has 1 aliphatic rings. The van der Waals surface area contributed by atoms with E-state index in [1.807, 2.05) is 30.3 Å². The zero-order valence-electron chi connectivity index (χ0n) is 11.5. The van der Waals surface area contributed by atoms with Gasteiger partial charge >= 0.3 is 0 Å². The molecule has 0 saturated carbocycles. The fraction of sp³-hybridized carbons (Fsp3) is 0.375. The molecule has 1 heterocycles. The van der Waals surface area contributed by atoms with E-state index >= 15 is 0 Å². The van der Waals surface area contributed by atoms with E-state index in [0.29, 0.717) is 12.2 Å². The molecule has 0 radical (unpaired) electrons. The summed E-state index contributed by atoms with van der Waals surface area (Å²) in [7, 11) is 0. The van der Waals surface area contributed by atoms with Crippen molar-refractivity contribution in [3.8, 4) is 0 Å². The van der Waals surface area contributed by atoms with E-state index < -0.39 is 5.60 Å². The Morgan fingerprint density at radius 3 is 2.42 bits per heavy atom. The number of allylic oxidation sites excluding steroid dienone is 1. The van der Waals surface area contributed by atoms with E-state index in [-0.39, 0.29) is 17.5 Å². The summed E-state index contributed by atoms with van der Waals surface area (Å²) in [4.78, 5) is 23.7. The van der Waals surface area contributed by atoms with E-state index in [9.17, 15) is 9.59 Å². The van der Waals surface area contributed by atoms with Crippen LogP contribution in [0.1, 0.15) is 38.7 Å². The van der Waals surface area contributed by atoms with Gasteiger partial charge in [0.25, 0.3) is 0 Å². The number of carbonyl (C=O) groups excluding carboxylic acids is 2. The van der Waals surface area contributed by atoms with Gasteiger partial charge in [-0.3, -0.25) is 4.79 Å². The van der Waals surface area contributed by atoms with Gasteiger partial charge in [-0.15, -0.1) is 0 Å². The third kappa shape index (κ3) is 2.60. The van der Waals surface area contributed by atoms with Gasteiger partial charge in [0.15, 0.2) is 5.60 Å². The summed E-state index contributed by atoms with van der Waals surface area (Å²) in [5.41, 5.74) is -0.0199. The van der Waals surface area contributed by atoms with Gasteiger partial charge in [0.2, 0.25) is 5.78 Å². The van der Waals surface area contributed by atoms with Gasteiger partial charge in [-0.2, -0.15) is 0 Å². The minimum absolute atomic E-state index is 0.0519. The molecule has 1 aromatic carbocycles. The lowest BCUT2D eigenvalue weighted by Gasteiger charge is -2.32. The van der Waals surface area contributed by atoms with Gasteiger partial charge in [-0.05, 0) is 26.3 Å². The molecule has 1 aromatic rings. The quantitative estimate of drug-likeness (QED) is 0.833. The smallest absolute Gasteiger partial charge is 0.202 e. The number of rotatable bonds is 4. The Labute approximate surface area is 113 Å². The van der Waals surface area contributed by atoms with Crippen molar-refractivity contribution in [3.63, 3.8) is 0 Å². The van der Waals surface area contributed by atoms with E-state index in [2.05, 4.69) is 0 Å². The van der Waals surface area contributed by atoms with Crippen LogP contribution in [0, 0.1) is 0 Å². The molecule has 0 bridgehead atoms. The molecule has 0 unspecified atom stereocenters. The van der Waals surface area contributed by atoms with Crippen LogP contribution in [0.2, 0.25) is 0 Å². The van der Waals surface area contributed by atoms with E-state index in [4.69, 9.17) is 4.74 Å². The van der Waals surface area contributed by atoms with Crippen LogP contribution < -0.4 is 0 Å². The fourth-order valence-electron chi connectivity index (χ4n) is 2.59. The van der Waals surface area contributed by atoms with Crippen molar-refractivity contribution >= 4 is 11.6 Å². The summed E-state index contributed by atoms with van der Waals surface area (Å²) in [5.74, 6) is 0.334. The van der Waals surface area contributed by atoms with Gasteiger partial charge in [-0.25, -0.2) is 0 Å². The molecule has 2 rings (SSSR count). The van der Waals surface area contributed by atoms with E-state index in [1.54, 1.807) is 20.8 Å². The first-order valence-corrected chi connectivity index (χ1v) is 6.39. The zero-order valence-corrected chi connectivity index (χ0v) is 11.5. The van der Waals surface area contributed by atoms with Crippen LogP contribution in [-0.2, 0) is 14.3 Å². The molecular formula is C16H18O3. The maximum Gasteiger partial charge on any atom is 0.202 e. The molecule has 0 aromatic heterocycles. The summed E-state index contributed by atoms with van der Waals surface area (Å²) in [6.45, 7) is 5.07. The van der Waals surface area contributed by atoms with Crippen molar-refractivity contribution in [3.05, 3.63) is 47.7 Å². The van der Waals surface area contributed by atoms with Crippen LogP contribution in [0.5, 0.6) is 0 Å². The minimum Gasteiger partial charge on any atom is -0.483 e. The molecule has 0 amide bonds. The highest BCUT2D eigenvalue weighted by molar-refractivity contribution is 6.00. The molecule has 3 nitrogen and oxygen atoms in total. The minimum atomic E-state index is -0.975. The molecule has 1 aliphatic heterocycles. The van der Waals surface area contributed by atoms with Gasteiger partial charge < -0.3 is 9.53 Å². The predicted molar refractivity (Wildman–Crippen MR) is 72.7 cm³/mol. The number of hydrogen-bond donors (Lipinski definition) is 0. The molecule has 0 N–H and O–H groups in total. The monoisotopic (exact) mass is 258 g/mol. The number of ether oxygens (including phenoxy) is 1. The molecule has 3 heteroatoms. The molecule has 0 aliphatic carbocycles. The standard InChI is InChI=1S/C16H18O3/c1-11(17)9-14(13-7-5-4-6-8-13)16(3)15(18)10-12(2)19-16/h4-8,10,14H,9H2,1-3H3/t14-,16-/m1/s1. The maximum atomic E-state index is 12.2. The number of benzene rings is 1. The van der Waals surface area contributed by atoms with E-state index in [0.717, 1.165) is 5.56 Å². The van der Waals surface area contributed by atoms with Crippen LogP contribution >= 0.6 is 0 Å². The second-order valence-corrected chi connectivity index (χ2v) is 5.20. The van der Waals surface area contributed by atoms with Gasteiger partial charge in [-0.1, -0.05) is 30.3 Å². The van der Waals surface area contributed by atoms with Crippen molar-refractivity contribution in [1.82, 2.24) is 0 Å². The third-order valence-electron chi connectivity index (χ3n) is 3.56. The fourth-order valence-corrected chi connectivity index (χ4v) is 2.59. The van der Waals surface area contributed by atoms with Crippen molar-refractivity contribution < 1.29 is 14.3 Å². The van der Waals surface area contributed by atoms with Crippen LogP contribution in [0.4, 0.5) is 0 Å². The SMILES string of the molecule is CC(=O)C[C@H](c1ccccc1)[C@@]1(C)OC(C)=CC1=O. The van der Waals surface area contributed by atoms with Gasteiger partial charge in [0.1, 0.15) is 5.78 Å². The molecule has 19 heavy (non-hydrogen) atoms. The Morgan fingerprint density at radius 1 is 1.32 bits per heavy atom. The highest BCUT2D eigenvalue weighted by Gasteiger charge is 2.46. The van der Waals surface area contributed by atoms with Crippen molar-refractivity contribution in [2.45, 2.75) is 38.7 Å². The molecule has 0 spiro atoms. The average Bonchev–Trinajstić information content (AvgIpc) is 2.61. The maximum absolute atomic E-state index is 12.2. The lowest BCUT2D eigenvalue weighted by Crippen LogP contribution is -2.40. The lowest BCUT2D eigenvalue weighted by atomic mass is 9.78. The van der Waals surface area contributed by atoms with Crippen molar-refractivity contribution in [2.24, 2.45) is 0 Å². The highest BCUT2D eigenvalue weighted by Crippen LogP contribution is 2.40. The first-order chi connectivity index (χ1) is 8.93. The zero-order chi connectivity index (χ0) is 14.0. The summed E-state index contributed by atoms with van der Waals surface area (Å²) >= 11 is 0. The number of hydrogen-bond acceptors (Lipinski definition) is 3. The normalized spacial score (nSPS) is 23.7. The Morgan fingerprint density at radius 2 is 1.95 bits per heavy atom. The molecule has 0 saturated heterocycles. The molecule has 0 fully saturated rings. The Balaban J connectivity index is 2.39. The first-order valence-electron chi connectivity index (χ1n) is 6.39.